The maximum absolute atomic E-state index is 11.7. The second kappa shape index (κ2) is 9.28. The smallest absolute Gasteiger partial charge is 0.248 e. The van der Waals surface area contributed by atoms with E-state index >= 15 is 0 Å². The number of thiocarbonyl (C=S) groups is 1. The summed E-state index contributed by atoms with van der Waals surface area (Å²) in [5, 5.41) is 0. The molecule has 5 nitrogen and oxygen atoms in total. The van der Waals surface area contributed by atoms with Crippen LogP contribution in [0.25, 0.3) is 0 Å². The van der Waals surface area contributed by atoms with Crippen molar-refractivity contribution < 1.29 is 14.3 Å². The monoisotopic (exact) mass is 296 g/mol. The molecule has 0 fully saturated rings. The lowest BCUT2D eigenvalue weighted by Gasteiger charge is -2.16. The number of nitrogens with zero attached hydrogens (tertiary/aromatic N) is 1. The van der Waals surface area contributed by atoms with E-state index in [2.05, 4.69) is 0 Å². The van der Waals surface area contributed by atoms with Crippen molar-refractivity contribution >= 4 is 23.1 Å². The Labute approximate surface area is 124 Å². The van der Waals surface area contributed by atoms with Crippen LogP contribution in [-0.4, -0.2) is 49.2 Å². The zero-order valence-electron chi connectivity index (χ0n) is 11.6. The van der Waals surface area contributed by atoms with Gasteiger partial charge in [0.1, 0.15) is 19.0 Å². The van der Waals surface area contributed by atoms with Crippen molar-refractivity contribution in [3.63, 3.8) is 0 Å². The van der Waals surface area contributed by atoms with E-state index in [1.54, 1.807) is 11.9 Å². The molecule has 0 bridgehead atoms. The van der Waals surface area contributed by atoms with Crippen LogP contribution in [0.3, 0.4) is 0 Å². The van der Waals surface area contributed by atoms with E-state index in [4.69, 9.17) is 27.4 Å². The second-order valence-corrected chi connectivity index (χ2v) is 4.77. The number of nitrogens with two attached hydrogens (primary N) is 1. The van der Waals surface area contributed by atoms with Gasteiger partial charge in [-0.3, -0.25) is 4.79 Å². The first-order chi connectivity index (χ1) is 9.59. The number of carbonyl (C=O) groups excluding carboxylic acids is 1. The number of rotatable bonds is 9. The standard InChI is InChI=1S/C14H20N2O3S/c1-16(8-7-13(15)20)14(17)11-18-9-10-19-12-5-3-2-4-6-12/h2-6H,7-11H2,1H3,(H2,15,20). The van der Waals surface area contributed by atoms with E-state index in [0.717, 1.165) is 5.75 Å². The lowest BCUT2D eigenvalue weighted by Crippen LogP contribution is -2.33. The predicted molar refractivity (Wildman–Crippen MR) is 81.8 cm³/mol. The Balaban J connectivity index is 2.08. The van der Waals surface area contributed by atoms with Crippen LogP contribution < -0.4 is 10.5 Å². The van der Waals surface area contributed by atoms with E-state index in [-0.39, 0.29) is 12.5 Å². The average Bonchev–Trinajstić information content (AvgIpc) is 2.45. The number of ether oxygens (including phenoxy) is 2. The number of para-hydroxylation sites is 1. The van der Waals surface area contributed by atoms with Crippen LogP contribution in [0.1, 0.15) is 6.42 Å². The molecule has 0 spiro atoms. The fraction of sp³-hybridized carbons (Fsp3) is 0.429. The van der Waals surface area contributed by atoms with Crippen LogP contribution in [-0.2, 0) is 9.53 Å². The summed E-state index contributed by atoms with van der Waals surface area (Å²) in [5.74, 6) is 0.692. The lowest BCUT2D eigenvalue weighted by molar-refractivity contribution is -0.134. The van der Waals surface area contributed by atoms with Crippen molar-refractivity contribution in [1.29, 1.82) is 0 Å². The first kappa shape index (κ1) is 16.4. The highest BCUT2D eigenvalue weighted by Gasteiger charge is 2.08. The molecule has 1 amide bonds. The van der Waals surface area contributed by atoms with Gasteiger partial charge in [-0.2, -0.15) is 0 Å². The molecule has 20 heavy (non-hydrogen) atoms. The van der Waals surface area contributed by atoms with Gasteiger partial charge < -0.3 is 20.1 Å². The third-order valence-electron chi connectivity index (χ3n) is 2.58. The third kappa shape index (κ3) is 7.06. The van der Waals surface area contributed by atoms with Crippen molar-refractivity contribution in [2.45, 2.75) is 6.42 Å². The molecule has 6 heteroatoms. The molecule has 0 aliphatic carbocycles. The molecule has 0 heterocycles. The SMILES string of the molecule is CN(CCC(N)=S)C(=O)COCCOc1ccccc1. The molecule has 0 saturated carbocycles. The summed E-state index contributed by atoms with van der Waals surface area (Å²) in [6.07, 6.45) is 0.523. The Morgan fingerprint density at radius 3 is 2.65 bits per heavy atom. The van der Waals surface area contributed by atoms with Crippen molar-refractivity contribution in [2.24, 2.45) is 5.73 Å². The molecular formula is C14H20N2O3S. The molecule has 0 unspecified atom stereocenters. The zero-order chi connectivity index (χ0) is 14.8. The minimum atomic E-state index is -0.0963. The number of carbonyl (C=O) groups is 1. The zero-order valence-corrected chi connectivity index (χ0v) is 12.4. The van der Waals surface area contributed by atoms with Crippen molar-refractivity contribution in [1.82, 2.24) is 4.90 Å². The molecule has 0 aliphatic heterocycles. The van der Waals surface area contributed by atoms with Crippen molar-refractivity contribution in [3.8, 4) is 5.75 Å². The fourth-order valence-electron chi connectivity index (χ4n) is 1.41. The van der Waals surface area contributed by atoms with Gasteiger partial charge in [0, 0.05) is 20.0 Å². The molecule has 1 aromatic rings. The maximum Gasteiger partial charge on any atom is 0.248 e. The summed E-state index contributed by atoms with van der Waals surface area (Å²) in [7, 11) is 1.70. The van der Waals surface area contributed by atoms with Crippen LogP contribution >= 0.6 is 12.2 Å². The van der Waals surface area contributed by atoms with Crippen LogP contribution in [0, 0.1) is 0 Å². The first-order valence-electron chi connectivity index (χ1n) is 6.37. The molecule has 0 aromatic heterocycles. The summed E-state index contributed by atoms with van der Waals surface area (Å²) in [5.41, 5.74) is 5.38. The maximum atomic E-state index is 11.7. The van der Waals surface area contributed by atoms with Gasteiger partial charge in [-0.15, -0.1) is 0 Å². The van der Waals surface area contributed by atoms with Crippen LogP contribution in [0.2, 0.25) is 0 Å². The van der Waals surface area contributed by atoms with Gasteiger partial charge in [0.2, 0.25) is 5.91 Å². The molecule has 1 rings (SSSR count). The minimum Gasteiger partial charge on any atom is -0.491 e. The number of hydrogen-bond donors (Lipinski definition) is 1. The van der Waals surface area contributed by atoms with Gasteiger partial charge in [-0.05, 0) is 12.1 Å². The fourth-order valence-corrected chi connectivity index (χ4v) is 1.50. The van der Waals surface area contributed by atoms with Crippen molar-refractivity contribution in [3.05, 3.63) is 30.3 Å². The Kier molecular flexibility index (Phi) is 7.60. The van der Waals surface area contributed by atoms with Crippen LogP contribution in [0.5, 0.6) is 5.75 Å². The highest BCUT2D eigenvalue weighted by Crippen LogP contribution is 2.07. The molecule has 0 atom stereocenters. The van der Waals surface area contributed by atoms with E-state index in [1.165, 1.54) is 0 Å². The van der Waals surface area contributed by atoms with Crippen LogP contribution in [0.4, 0.5) is 0 Å². The molecular weight excluding hydrogens is 276 g/mol. The minimum absolute atomic E-state index is 0.0337. The molecule has 110 valence electrons. The van der Waals surface area contributed by atoms with Crippen molar-refractivity contribution in [2.75, 3.05) is 33.4 Å². The number of likely N-dealkylation sites (N-methyl/N-ethyl adjacent to an activating group) is 1. The van der Waals surface area contributed by atoms with Gasteiger partial charge in [0.15, 0.2) is 0 Å². The third-order valence-corrected chi connectivity index (χ3v) is 2.79. The summed E-state index contributed by atoms with van der Waals surface area (Å²) in [6.45, 7) is 1.32. The van der Waals surface area contributed by atoms with E-state index in [1.807, 2.05) is 30.3 Å². The Bertz CT molecular complexity index is 426. The van der Waals surface area contributed by atoms with Gasteiger partial charge in [0.25, 0.3) is 0 Å². The average molecular weight is 296 g/mol. The predicted octanol–water partition coefficient (Wildman–Crippen LogP) is 1.22. The topological polar surface area (TPSA) is 64.8 Å². The Hall–Kier alpha value is -1.66. The van der Waals surface area contributed by atoms with E-state index in [0.29, 0.717) is 31.2 Å². The molecule has 0 aliphatic rings. The van der Waals surface area contributed by atoms with Crippen LogP contribution in [0.15, 0.2) is 30.3 Å². The summed E-state index contributed by atoms with van der Waals surface area (Å²) >= 11 is 4.76. The van der Waals surface area contributed by atoms with Gasteiger partial charge in [0.05, 0.1) is 11.6 Å². The second-order valence-electron chi connectivity index (χ2n) is 4.25. The normalized spacial score (nSPS) is 10.1. The molecule has 0 radical (unpaired) electrons. The highest BCUT2D eigenvalue weighted by molar-refractivity contribution is 7.80. The quantitative estimate of drug-likeness (QED) is 0.548. The molecule has 1 aromatic carbocycles. The molecule has 0 saturated heterocycles. The number of benzene rings is 1. The summed E-state index contributed by atoms with van der Waals surface area (Å²) in [4.78, 5) is 13.6. The number of hydrogen-bond acceptors (Lipinski definition) is 4. The Morgan fingerprint density at radius 2 is 2.00 bits per heavy atom. The van der Waals surface area contributed by atoms with E-state index < -0.39 is 0 Å². The molecule has 2 N–H and O–H groups in total. The van der Waals surface area contributed by atoms with Gasteiger partial charge in [-0.1, -0.05) is 30.4 Å². The Morgan fingerprint density at radius 1 is 1.30 bits per heavy atom. The number of amides is 1. The van der Waals surface area contributed by atoms with E-state index in [9.17, 15) is 4.79 Å². The lowest BCUT2D eigenvalue weighted by atomic mass is 10.3. The first-order valence-corrected chi connectivity index (χ1v) is 6.78. The largest absolute Gasteiger partial charge is 0.491 e. The summed E-state index contributed by atoms with van der Waals surface area (Å²) < 4.78 is 10.7. The van der Waals surface area contributed by atoms with Gasteiger partial charge >= 0.3 is 0 Å². The van der Waals surface area contributed by atoms with Gasteiger partial charge in [-0.25, -0.2) is 0 Å². The highest BCUT2D eigenvalue weighted by atomic mass is 32.1. The summed E-state index contributed by atoms with van der Waals surface area (Å²) in [6, 6.07) is 9.46.